The molecule has 2 atom stereocenters. The molecule has 0 bridgehead atoms. The first-order chi connectivity index (χ1) is 17.1. The average Bonchev–Trinajstić information content (AvgIpc) is 3.12. The first-order valence-electron chi connectivity index (χ1n) is 13.0. The maximum Gasteiger partial charge on any atom is 0.410 e. The van der Waals surface area contributed by atoms with E-state index >= 15 is 0 Å². The van der Waals surface area contributed by atoms with Crippen LogP contribution in [0.25, 0.3) is 5.82 Å². The van der Waals surface area contributed by atoms with Gasteiger partial charge in [-0.3, -0.25) is 4.90 Å². The zero-order valence-electron chi connectivity index (χ0n) is 24.5. The molecule has 1 aliphatic heterocycles. The summed E-state index contributed by atoms with van der Waals surface area (Å²) in [6.07, 6.45) is 1.43. The Hall–Kier alpha value is -2.52. The monoisotopic (exact) mass is 529 g/mol. The number of anilines is 1. The second kappa shape index (κ2) is 11.1. The largest absolute Gasteiger partial charge is 0.494 e. The lowest BCUT2D eigenvalue weighted by atomic mass is 9.83. The average molecular weight is 530 g/mol. The van der Waals surface area contributed by atoms with Crippen molar-refractivity contribution < 1.29 is 18.7 Å². The Morgan fingerprint density at radius 3 is 2.22 bits per heavy atom. The van der Waals surface area contributed by atoms with Crippen molar-refractivity contribution in [2.24, 2.45) is 5.41 Å². The molecule has 9 heteroatoms. The highest BCUT2D eigenvalue weighted by Gasteiger charge is 2.43. The molecule has 2 aromatic rings. The van der Waals surface area contributed by atoms with Gasteiger partial charge in [-0.15, -0.1) is 0 Å². The first kappa shape index (κ1) is 29.0. The number of carbonyl (C=O) groups is 1. The molecule has 1 saturated heterocycles. The van der Waals surface area contributed by atoms with Crippen molar-refractivity contribution in [3.8, 4) is 11.6 Å². The van der Waals surface area contributed by atoms with E-state index in [9.17, 15) is 4.79 Å². The van der Waals surface area contributed by atoms with E-state index in [1.807, 2.05) is 37.9 Å². The number of hydrogen-bond acceptors (Lipinski definition) is 6. The summed E-state index contributed by atoms with van der Waals surface area (Å²) in [6, 6.07) is 5.96. The van der Waals surface area contributed by atoms with E-state index < -0.39 is 14.6 Å². The van der Waals surface area contributed by atoms with E-state index in [2.05, 4.69) is 69.3 Å². The fourth-order valence-electron chi connectivity index (χ4n) is 4.89. The van der Waals surface area contributed by atoms with Gasteiger partial charge < -0.3 is 23.4 Å². The predicted molar refractivity (Wildman–Crippen MR) is 150 cm³/mol. The van der Waals surface area contributed by atoms with Gasteiger partial charge in [-0.25, -0.2) is 9.78 Å². The van der Waals surface area contributed by atoms with Crippen LogP contribution >= 0.6 is 0 Å². The molecule has 8 nitrogen and oxygen atoms in total. The zero-order valence-corrected chi connectivity index (χ0v) is 25.5. The van der Waals surface area contributed by atoms with Crippen molar-refractivity contribution in [2.75, 3.05) is 31.6 Å². The SMILES string of the molecule is COc1cc(-n2c(C)ccc2C)ncc1N1CCN(C(=O)OC(C)(C)C)[C@@H]([C@H](O[Si](C)C)C(C)(C)C)C1. The highest BCUT2D eigenvalue weighted by Crippen LogP contribution is 2.36. The molecule has 205 valence electrons. The van der Waals surface area contributed by atoms with E-state index in [0.717, 1.165) is 28.6 Å². The van der Waals surface area contributed by atoms with Gasteiger partial charge in [-0.2, -0.15) is 0 Å². The lowest BCUT2D eigenvalue weighted by molar-refractivity contribution is -0.0289. The highest BCUT2D eigenvalue weighted by molar-refractivity contribution is 6.48. The standard InChI is InChI=1S/C28H45N4O4Si/c1-19-12-13-20(2)32(19)24-16-23(34-9)21(17-29-24)30-14-15-31(26(33)35-28(6,7)8)22(18-30)25(27(3,4)5)36-37(10)11/h12-13,16-17,22,25H,14-15,18H2,1-11H3/t22-,25+/m1/s1. The van der Waals surface area contributed by atoms with E-state index in [4.69, 9.17) is 18.9 Å². The molecule has 0 N–H and O–H groups in total. The minimum absolute atomic E-state index is 0.157. The summed E-state index contributed by atoms with van der Waals surface area (Å²) < 4.78 is 20.4. The van der Waals surface area contributed by atoms with Gasteiger partial charge in [0.15, 0.2) is 0 Å². The number of methoxy groups -OCH3 is 1. The molecular formula is C28H45N4O4Si. The van der Waals surface area contributed by atoms with Gasteiger partial charge in [0.25, 0.3) is 0 Å². The van der Waals surface area contributed by atoms with Crippen molar-refractivity contribution in [2.45, 2.75) is 86.2 Å². The summed E-state index contributed by atoms with van der Waals surface area (Å²) in [6.45, 7) is 22.4. The second-order valence-electron chi connectivity index (χ2n) is 12.2. The van der Waals surface area contributed by atoms with Crippen LogP contribution in [-0.4, -0.2) is 74.1 Å². The number of nitrogens with zero attached hydrogens (tertiary/aromatic N) is 4. The van der Waals surface area contributed by atoms with Crippen LogP contribution in [0.2, 0.25) is 13.1 Å². The van der Waals surface area contributed by atoms with Crippen molar-refractivity contribution in [3.05, 3.63) is 35.8 Å². The fourth-order valence-corrected chi connectivity index (χ4v) is 5.91. The number of ether oxygens (including phenoxy) is 2. The Morgan fingerprint density at radius 2 is 1.70 bits per heavy atom. The van der Waals surface area contributed by atoms with Gasteiger partial charge in [-0.05, 0) is 65.3 Å². The molecule has 1 radical (unpaired) electrons. The molecule has 2 aromatic heterocycles. The molecule has 0 aromatic carbocycles. The number of hydrogen-bond donors (Lipinski definition) is 0. The number of carbonyl (C=O) groups excluding carboxylic acids is 1. The topological polar surface area (TPSA) is 69.1 Å². The van der Waals surface area contributed by atoms with Crippen LogP contribution in [0.3, 0.4) is 0 Å². The third-order valence-corrected chi connectivity index (χ3v) is 7.23. The van der Waals surface area contributed by atoms with Gasteiger partial charge in [-0.1, -0.05) is 20.8 Å². The van der Waals surface area contributed by atoms with Crippen molar-refractivity contribution in [1.29, 1.82) is 0 Å². The van der Waals surface area contributed by atoms with Gasteiger partial charge in [0, 0.05) is 37.1 Å². The number of piperazine rings is 1. The molecule has 1 aliphatic rings. The number of aryl methyl sites for hydroxylation is 2. The van der Waals surface area contributed by atoms with Gasteiger partial charge in [0.2, 0.25) is 9.04 Å². The normalized spacial score (nSPS) is 17.8. The van der Waals surface area contributed by atoms with E-state index in [0.29, 0.717) is 19.6 Å². The van der Waals surface area contributed by atoms with E-state index in [1.165, 1.54) is 0 Å². The Balaban J connectivity index is 1.99. The summed E-state index contributed by atoms with van der Waals surface area (Å²) in [5.74, 6) is 1.58. The maximum atomic E-state index is 13.3. The van der Waals surface area contributed by atoms with Crippen LogP contribution in [0.15, 0.2) is 24.4 Å². The summed E-state index contributed by atoms with van der Waals surface area (Å²) in [5.41, 5.74) is 2.40. The lowest BCUT2D eigenvalue weighted by Crippen LogP contribution is -2.63. The highest BCUT2D eigenvalue weighted by atomic mass is 28.3. The second-order valence-corrected chi connectivity index (χ2v) is 14.2. The molecule has 0 aliphatic carbocycles. The van der Waals surface area contributed by atoms with Crippen LogP contribution in [0.5, 0.6) is 5.75 Å². The molecule has 0 spiro atoms. The van der Waals surface area contributed by atoms with Crippen LogP contribution < -0.4 is 9.64 Å². The molecule has 1 fully saturated rings. The number of amides is 1. The summed E-state index contributed by atoms with van der Waals surface area (Å²) >= 11 is 0. The summed E-state index contributed by atoms with van der Waals surface area (Å²) in [5, 5.41) is 0. The first-order valence-corrected chi connectivity index (χ1v) is 15.4. The van der Waals surface area contributed by atoms with Crippen LogP contribution in [0.1, 0.15) is 52.9 Å². The molecule has 37 heavy (non-hydrogen) atoms. The van der Waals surface area contributed by atoms with Crippen LogP contribution in [0.4, 0.5) is 10.5 Å². The Bertz CT molecular complexity index is 1070. The fraction of sp³-hybridized carbons (Fsp3) is 0.643. The quantitative estimate of drug-likeness (QED) is 0.454. The zero-order chi connectivity index (χ0) is 27.7. The molecule has 3 rings (SSSR count). The Kier molecular flexibility index (Phi) is 8.69. The third-order valence-electron chi connectivity index (χ3n) is 6.50. The van der Waals surface area contributed by atoms with E-state index in [1.54, 1.807) is 7.11 Å². The van der Waals surface area contributed by atoms with Crippen LogP contribution in [-0.2, 0) is 9.16 Å². The van der Waals surface area contributed by atoms with Gasteiger partial charge in [0.1, 0.15) is 17.2 Å². The summed E-state index contributed by atoms with van der Waals surface area (Å²) in [7, 11) is 0.674. The minimum Gasteiger partial charge on any atom is -0.494 e. The molecule has 1 amide bonds. The molecular weight excluding hydrogens is 484 g/mol. The summed E-state index contributed by atoms with van der Waals surface area (Å²) in [4.78, 5) is 22.3. The maximum absolute atomic E-state index is 13.3. The number of pyridine rings is 1. The molecule has 0 saturated carbocycles. The van der Waals surface area contributed by atoms with Crippen molar-refractivity contribution in [1.82, 2.24) is 14.5 Å². The van der Waals surface area contributed by atoms with E-state index in [-0.39, 0.29) is 23.7 Å². The Labute approximate surface area is 224 Å². The molecule has 0 unspecified atom stereocenters. The Morgan fingerprint density at radius 1 is 1.08 bits per heavy atom. The van der Waals surface area contributed by atoms with Crippen molar-refractivity contribution in [3.63, 3.8) is 0 Å². The van der Waals surface area contributed by atoms with Crippen LogP contribution in [0, 0.1) is 19.3 Å². The molecule has 3 heterocycles. The third kappa shape index (κ3) is 6.87. The lowest BCUT2D eigenvalue weighted by Gasteiger charge is -2.49. The predicted octanol–water partition coefficient (Wildman–Crippen LogP) is 5.61. The van der Waals surface area contributed by atoms with Gasteiger partial charge >= 0.3 is 6.09 Å². The minimum atomic E-state index is -1.02. The van der Waals surface area contributed by atoms with Gasteiger partial charge in [0.05, 0.1) is 31.1 Å². The van der Waals surface area contributed by atoms with Crippen molar-refractivity contribution >= 4 is 20.8 Å². The number of aromatic nitrogens is 2. The smallest absolute Gasteiger partial charge is 0.410 e. The number of rotatable bonds is 6.